The molecule has 2 unspecified atom stereocenters. The molecular formula is C16H27N3. The van der Waals surface area contributed by atoms with Crippen molar-refractivity contribution in [2.75, 3.05) is 33.2 Å². The zero-order valence-corrected chi connectivity index (χ0v) is 12.5. The van der Waals surface area contributed by atoms with Crippen LogP contribution < -0.4 is 5.73 Å². The fourth-order valence-electron chi connectivity index (χ4n) is 3.26. The van der Waals surface area contributed by atoms with Crippen molar-refractivity contribution >= 4 is 0 Å². The minimum Gasteiger partial charge on any atom is -0.329 e. The van der Waals surface area contributed by atoms with Gasteiger partial charge in [0.2, 0.25) is 0 Å². The summed E-state index contributed by atoms with van der Waals surface area (Å²) in [6.07, 6.45) is 1.23. The van der Waals surface area contributed by atoms with Crippen LogP contribution in [0.3, 0.4) is 0 Å². The predicted octanol–water partition coefficient (Wildman–Crippen LogP) is 2.02. The fraction of sp³-hybridized carbons (Fsp3) is 0.625. The Labute approximate surface area is 117 Å². The van der Waals surface area contributed by atoms with Crippen LogP contribution in [-0.2, 0) is 0 Å². The Kier molecular flexibility index (Phi) is 4.97. The Morgan fingerprint density at radius 2 is 2.05 bits per heavy atom. The van der Waals surface area contributed by atoms with Crippen LogP contribution in [0.5, 0.6) is 0 Å². The van der Waals surface area contributed by atoms with Gasteiger partial charge in [0.05, 0.1) is 0 Å². The molecule has 0 radical (unpaired) electrons. The number of rotatable bonds is 3. The standard InChI is InChI=1S/C16H27N3/c1-13-7-4-5-8-15(13)16(11-17)19-10-6-9-18(3)12-14(19)2/h4-5,7-8,14,16H,6,9-12,17H2,1-3H3. The molecule has 3 heteroatoms. The van der Waals surface area contributed by atoms with Crippen molar-refractivity contribution in [3.05, 3.63) is 35.4 Å². The van der Waals surface area contributed by atoms with Crippen molar-refractivity contribution in [3.8, 4) is 0 Å². The fourth-order valence-corrected chi connectivity index (χ4v) is 3.26. The van der Waals surface area contributed by atoms with E-state index < -0.39 is 0 Å². The highest BCUT2D eigenvalue weighted by Gasteiger charge is 2.27. The Morgan fingerprint density at radius 3 is 2.74 bits per heavy atom. The van der Waals surface area contributed by atoms with E-state index in [1.807, 2.05) is 0 Å². The molecule has 1 aromatic carbocycles. The molecule has 2 N–H and O–H groups in total. The van der Waals surface area contributed by atoms with E-state index in [0.29, 0.717) is 18.6 Å². The topological polar surface area (TPSA) is 32.5 Å². The van der Waals surface area contributed by atoms with E-state index in [1.54, 1.807) is 0 Å². The molecule has 0 amide bonds. The minimum atomic E-state index is 0.350. The number of hydrogen-bond donors (Lipinski definition) is 1. The third kappa shape index (κ3) is 3.35. The van der Waals surface area contributed by atoms with Crippen molar-refractivity contribution in [1.29, 1.82) is 0 Å². The van der Waals surface area contributed by atoms with Crippen LogP contribution in [0, 0.1) is 6.92 Å². The van der Waals surface area contributed by atoms with Crippen molar-refractivity contribution in [2.45, 2.75) is 32.4 Å². The number of likely N-dealkylation sites (N-methyl/N-ethyl adjacent to an activating group) is 1. The normalized spacial score (nSPS) is 24.1. The van der Waals surface area contributed by atoms with E-state index in [1.165, 1.54) is 24.1 Å². The summed E-state index contributed by atoms with van der Waals surface area (Å²) in [5, 5.41) is 0. The number of nitrogens with zero attached hydrogens (tertiary/aromatic N) is 2. The summed E-state index contributed by atoms with van der Waals surface area (Å²) in [4.78, 5) is 5.02. The lowest BCUT2D eigenvalue weighted by Gasteiger charge is -2.36. The molecule has 1 aliphatic rings. The molecule has 0 spiro atoms. The zero-order valence-electron chi connectivity index (χ0n) is 12.5. The maximum atomic E-state index is 6.10. The van der Waals surface area contributed by atoms with Crippen LogP contribution in [-0.4, -0.2) is 49.1 Å². The third-order valence-electron chi connectivity index (χ3n) is 4.27. The molecule has 0 aromatic heterocycles. The van der Waals surface area contributed by atoms with Gasteiger partial charge >= 0.3 is 0 Å². The summed E-state index contributed by atoms with van der Waals surface area (Å²) in [5.74, 6) is 0. The van der Waals surface area contributed by atoms with Gasteiger partial charge in [0.25, 0.3) is 0 Å². The van der Waals surface area contributed by atoms with Crippen molar-refractivity contribution in [3.63, 3.8) is 0 Å². The van der Waals surface area contributed by atoms with Crippen LogP contribution >= 0.6 is 0 Å². The maximum absolute atomic E-state index is 6.10. The van der Waals surface area contributed by atoms with Crippen molar-refractivity contribution in [2.24, 2.45) is 5.73 Å². The van der Waals surface area contributed by atoms with Gasteiger partial charge in [-0.25, -0.2) is 0 Å². The van der Waals surface area contributed by atoms with E-state index in [4.69, 9.17) is 5.73 Å². The van der Waals surface area contributed by atoms with E-state index >= 15 is 0 Å². The highest BCUT2D eigenvalue weighted by Crippen LogP contribution is 2.26. The quantitative estimate of drug-likeness (QED) is 0.903. The molecule has 2 rings (SSSR count). The van der Waals surface area contributed by atoms with Crippen LogP contribution in [0.2, 0.25) is 0 Å². The number of benzene rings is 1. The average Bonchev–Trinajstić information content (AvgIpc) is 2.54. The molecule has 0 aliphatic carbocycles. The minimum absolute atomic E-state index is 0.350. The summed E-state index contributed by atoms with van der Waals surface area (Å²) in [5.41, 5.74) is 8.84. The predicted molar refractivity (Wildman–Crippen MR) is 81.3 cm³/mol. The van der Waals surface area contributed by atoms with Gasteiger partial charge in [-0.05, 0) is 45.0 Å². The average molecular weight is 261 g/mol. The van der Waals surface area contributed by atoms with E-state index in [9.17, 15) is 0 Å². The molecule has 1 fully saturated rings. The molecule has 1 aromatic rings. The van der Waals surface area contributed by atoms with Gasteiger partial charge in [0, 0.05) is 31.7 Å². The van der Waals surface area contributed by atoms with Crippen LogP contribution in [0.15, 0.2) is 24.3 Å². The summed E-state index contributed by atoms with van der Waals surface area (Å²) < 4.78 is 0. The Balaban J connectivity index is 2.23. The van der Waals surface area contributed by atoms with Gasteiger partial charge < -0.3 is 10.6 Å². The lowest BCUT2D eigenvalue weighted by molar-refractivity contribution is 0.146. The van der Waals surface area contributed by atoms with Gasteiger partial charge in [-0.3, -0.25) is 4.90 Å². The summed E-state index contributed by atoms with van der Waals surface area (Å²) in [6.45, 7) is 8.66. The second-order valence-corrected chi connectivity index (χ2v) is 5.81. The van der Waals surface area contributed by atoms with Crippen molar-refractivity contribution < 1.29 is 0 Å². The molecule has 0 saturated carbocycles. The third-order valence-corrected chi connectivity index (χ3v) is 4.27. The second-order valence-electron chi connectivity index (χ2n) is 5.81. The number of nitrogens with two attached hydrogens (primary N) is 1. The van der Waals surface area contributed by atoms with Crippen molar-refractivity contribution in [1.82, 2.24) is 9.80 Å². The van der Waals surface area contributed by atoms with E-state index in [2.05, 4.69) is 55.0 Å². The summed E-state index contributed by atoms with van der Waals surface area (Å²) >= 11 is 0. The number of aryl methyl sites for hydroxylation is 1. The van der Waals surface area contributed by atoms with Crippen LogP contribution in [0.25, 0.3) is 0 Å². The van der Waals surface area contributed by atoms with E-state index in [-0.39, 0.29) is 0 Å². The first-order valence-electron chi connectivity index (χ1n) is 7.33. The van der Waals surface area contributed by atoms with Gasteiger partial charge in [0.1, 0.15) is 0 Å². The SMILES string of the molecule is Cc1ccccc1C(CN)N1CCCN(C)CC1C. The smallest absolute Gasteiger partial charge is 0.0476 e. The lowest BCUT2D eigenvalue weighted by Crippen LogP contribution is -2.43. The monoisotopic (exact) mass is 261 g/mol. The Bertz CT molecular complexity index is 405. The second kappa shape index (κ2) is 6.51. The highest BCUT2D eigenvalue weighted by molar-refractivity contribution is 5.29. The molecule has 3 nitrogen and oxygen atoms in total. The molecule has 1 aliphatic heterocycles. The van der Waals surface area contributed by atoms with Crippen LogP contribution in [0.1, 0.15) is 30.5 Å². The molecule has 1 saturated heterocycles. The first kappa shape index (κ1) is 14.5. The number of hydrogen-bond acceptors (Lipinski definition) is 3. The summed E-state index contributed by atoms with van der Waals surface area (Å²) in [7, 11) is 2.21. The molecule has 1 heterocycles. The largest absolute Gasteiger partial charge is 0.329 e. The zero-order chi connectivity index (χ0) is 13.8. The molecule has 0 bridgehead atoms. The maximum Gasteiger partial charge on any atom is 0.0476 e. The highest BCUT2D eigenvalue weighted by atomic mass is 15.3. The van der Waals surface area contributed by atoms with Gasteiger partial charge in [-0.1, -0.05) is 24.3 Å². The molecular weight excluding hydrogens is 234 g/mol. The first-order chi connectivity index (χ1) is 9.13. The Morgan fingerprint density at radius 1 is 1.32 bits per heavy atom. The Hall–Kier alpha value is -0.900. The van der Waals surface area contributed by atoms with Gasteiger partial charge in [-0.2, -0.15) is 0 Å². The summed E-state index contributed by atoms with van der Waals surface area (Å²) in [6, 6.07) is 9.55. The van der Waals surface area contributed by atoms with Gasteiger partial charge in [0.15, 0.2) is 0 Å². The molecule has 106 valence electrons. The first-order valence-corrected chi connectivity index (χ1v) is 7.33. The van der Waals surface area contributed by atoms with Gasteiger partial charge in [-0.15, -0.1) is 0 Å². The lowest BCUT2D eigenvalue weighted by atomic mass is 9.98. The molecule has 2 atom stereocenters. The van der Waals surface area contributed by atoms with E-state index in [0.717, 1.165) is 13.1 Å². The molecule has 19 heavy (non-hydrogen) atoms. The van der Waals surface area contributed by atoms with Crippen LogP contribution in [0.4, 0.5) is 0 Å².